The number of carbonyl (C=O) groups is 5. The molecular formula is C38H57N5O7S. The molecule has 1 saturated carbocycles. The van der Waals surface area contributed by atoms with Crippen LogP contribution in [0.2, 0.25) is 0 Å². The van der Waals surface area contributed by atoms with E-state index in [1.165, 1.54) is 25.4 Å². The maximum atomic E-state index is 14.0. The molecule has 12 nitrogen and oxygen atoms in total. The Morgan fingerprint density at radius 3 is 2.31 bits per heavy atom. The van der Waals surface area contributed by atoms with Crippen molar-refractivity contribution in [2.24, 2.45) is 11.8 Å². The maximum Gasteiger partial charge on any atom is 0.308 e. The third kappa shape index (κ3) is 12.4. The molecule has 3 rings (SSSR count). The highest BCUT2D eigenvalue weighted by Gasteiger charge is 2.48. The van der Waals surface area contributed by atoms with Crippen molar-refractivity contribution in [1.29, 1.82) is 0 Å². The average Bonchev–Trinajstić information content (AvgIpc) is 3.58. The topological polar surface area (TPSA) is 156 Å². The summed E-state index contributed by atoms with van der Waals surface area (Å²) in [5, 5.41) is 11.3. The van der Waals surface area contributed by atoms with Crippen LogP contribution in [0, 0.1) is 11.8 Å². The number of nitrogens with one attached hydrogen (secondary N) is 3. The summed E-state index contributed by atoms with van der Waals surface area (Å²) in [5.41, 5.74) is 0.244. The summed E-state index contributed by atoms with van der Waals surface area (Å²) < 4.78 is 10.7. The van der Waals surface area contributed by atoms with Crippen LogP contribution in [0.4, 0.5) is 0 Å². The number of unbranched alkanes of at least 4 members (excludes halogenated alkanes) is 2. The van der Waals surface area contributed by atoms with Gasteiger partial charge >= 0.3 is 11.9 Å². The first kappa shape index (κ1) is 41.6. The lowest BCUT2D eigenvalue weighted by atomic mass is 9.75. The molecule has 1 aromatic carbocycles. The first-order valence-corrected chi connectivity index (χ1v) is 19.0. The summed E-state index contributed by atoms with van der Waals surface area (Å²) in [7, 11) is 4.99. The smallest absolute Gasteiger partial charge is 0.308 e. The van der Waals surface area contributed by atoms with Gasteiger partial charge in [-0.15, -0.1) is 11.3 Å². The molecule has 0 aliphatic heterocycles. The fourth-order valence-electron chi connectivity index (χ4n) is 6.62. The molecule has 0 bridgehead atoms. The fourth-order valence-corrected chi connectivity index (χ4v) is 7.46. The van der Waals surface area contributed by atoms with E-state index in [0.29, 0.717) is 37.1 Å². The van der Waals surface area contributed by atoms with Crippen LogP contribution in [0.25, 0.3) is 0 Å². The zero-order valence-electron chi connectivity index (χ0n) is 31.3. The number of amides is 3. The second-order valence-corrected chi connectivity index (χ2v) is 14.9. The molecule has 51 heavy (non-hydrogen) atoms. The number of thiazole rings is 1. The minimum Gasteiger partial charge on any atom is -0.469 e. The van der Waals surface area contributed by atoms with Crippen LogP contribution in [0.3, 0.4) is 0 Å². The largest absolute Gasteiger partial charge is 0.469 e. The van der Waals surface area contributed by atoms with E-state index >= 15 is 0 Å². The number of rotatable bonds is 21. The van der Waals surface area contributed by atoms with E-state index in [1.807, 2.05) is 51.2 Å². The van der Waals surface area contributed by atoms with Gasteiger partial charge in [0.05, 0.1) is 13.0 Å². The third-order valence-electron chi connectivity index (χ3n) is 9.61. The molecule has 2 aromatic rings. The Morgan fingerprint density at radius 2 is 1.73 bits per heavy atom. The molecule has 4 atom stereocenters. The van der Waals surface area contributed by atoms with Crippen LogP contribution >= 0.6 is 11.3 Å². The van der Waals surface area contributed by atoms with Gasteiger partial charge in [-0.2, -0.15) is 0 Å². The van der Waals surface area contributed by atoms with E-state index < -0.39 is 29.4 Å². The molecule has 0 saturated heterocycles. The maximum absolute atomic E-state index is 14.0. The number of aromatic nitrogens is 1. The third-order valence-corrected chi connectivity index (χ3v) is 10.5. The van der Waals surface area contributed by atoms with Gasteiger partial charge in [0.2, 0.25) is 11.8 Å². The van der Waals surface area contributed by atoms with E-state index in [1.54, 1.807) is 24.3 Å². The summed E-state index contributed by atoms with van der Waals surface area (Å²) in [6.45, 7) is 7.99. The van der Waals surface area contributed by atoms with Crippen LogP contribution in [0.5, 0.6) is 0 Å². The lowest BCUT2D eigenvalue weighted by Crippen LogP contribution is -2.64. The van der Waals surface area contributed by atoms with Gasteiger partial charge in [0.25, 0.3) is 5.91 Å². The van der Waals surface area contributed by atoms with Crippen molar-refractivity contribution >= 4 is 41.0 Å². The van der Waals surface area contributed by atoms with Gasteiger partial charge in [0.15, 0.2) is 6.10 Å². The summed E-state index contributed by atoms with van der Waals surface area (Å²) in [6, 6.07) is 8.97. The van der Waals surface area contributed by atoms with Gasteiger partial charge in [-0.1, -0.05) is 57.5 Å². The van der Waals surface area contributed by atoms with E-state index in [4.69, 9.17) is 9.47 Å². The zero-order valence-corrected chi connectivity index (χ0v) is 32.1. The Kier molecular flexibility index (Phi) is 16.5. The van der Waals surface area contributed by atoms with E-state index in [0.717, 1.165) is 37.8 Å². The molecule has 1 heterocycles. The molecule has 282 valence electrons. The molecule has 0 spiro atoms. The molecule has 1 fully saturated rings. The quantitative estimate of drug-likeness (QED) is 0.119. The molecule has 0 radical (unpaired) electrons. The van der Waals surface area contributed by atoms with Crippen LogP contribution in [0.1, 0.15) is 113 Å². The van der Waals surface area contributed by atoms with Gasteiger partial charge in [0, 0.05) is 44.3 Å². The Morgan fingerprint density at radius 1 is 1.02 bits per heavy atom. The highest BCUT2D eigenvalue weighted by Crippen LogP contribution is 2.37. The standard InChI is InChI=1S/C38H57N5O7S/c1-25(2)31(43(6)37(48)38(18-14-19-38)42-33(45)17-12-9-13-20-39-5)23-32(50-27(4)44)35-41-30(24-51-35)34(46)40-29(21-26(3)36(47)49-7)22-28-15-10-8-11-16-28/h8,10-11,15-16,24-26,29,31-32,39H,9,12-14,17-23H2,1-7H3,(H,40,46)(H,42,45)/t26-,29+,31?,32+/m0/s1. The van der Waals surface area contributed by atoms with Crippen molar-refractivity contribution in [2.45, 2.75) is 116 Å². The molecule has 3 amide bonds. The second-order valence-electron chi connectivity index (χ2n) is 14.1. The number of carbonyl (C=O) groups excluding carboxylic acids is 5. The number of ether oxygens (including phenoxy) is 2. The van der Waals surface area contributed by atoms with E-state index in [2.05, 4.69) is 20.9 Å². The summed E-state index contributed by atoms with van der Waals surface area (Å²) in [5.74, 6) is -1.98. The van der Waals surface area contributed by atoms with Crippen molar-refractivity contribution in [1.82, 2.24) is 25.8 Å². The summed E-state index contributed by atoms with van der Waals surface area (Å²) in [6.07, 6.45) is 5.41. The molecule has 1 unspecified atom stereocenters. The monoisotopic (exact) mass is 727 g/mol. The Bertz CT molecular complexity index is 1440. The minimum atomic E-state index is -0.936. The van der Waals surface area contributed by atoms with Gasteiger partial charge in [0.1, 0.15) is 16.2 Å². The summed E-state index contributed by atoms with van der Waals surface area (Å²) in [4.78, 5) is 71.3. The predicted octanol–water partition coefficient (Wildman–Crippen LogP) is 4.98. The van der Waals surface area contributed by atoms with Crippen molar-refractivity contribution in [3.63, 3.8) is 0 Å². The number of esters is 2. The molecule has 13 heteroatoms. The van der Waals surface area contributed by atoms with Crippen LogP contribution in [0.15, 0.2) is 35.7 Å². The number of benzene rings is 1. The average molecular weight is 728 g/mol. The SMILES string of the molecule is CNCCCCCC(=O)NC1(C(=O)N(C)C(C[C@@H](OC(C)=O)c2nc(C(=O)N[C@@H](Cc3ccccc3)C[C@H](C)C(=O)OC)cs2)C(C)C)CCC1. The van der Waals surface area contributed by atoms with Gasteiger partial charge < -0.3 is 30.3 Å². The number of nitrogens with zero attached hydrogens (tertiary/aromatic N) is 2. The number of hydrogen-bond donors (Lipinski definition) is 3. The first-order chi connectivity index (χ1) is 24.3. The first-order valence-electron chi connectivity index (χ1n) is 18.1. The van der Waals surface area contributed by atoms with Crippen LogP contribution in [-0.2, 0) is 35.1 Å². The zero-order chi connectivity index (χ0) is 37.6. The summed E-state index contributed by atoms with van der Waals surface area (Å²) >= 11 is 1.21. The molecule has 3 N–H and O–H groups in total. The number of methoxy groups -OCH3 is 1. The second kappa shape index (κ2) is 20.3. The van der Waals surface area contributed by atoms with Crippen LogP contribution in [-0.4, -0.2) is 84.9 Å². The van der Waals surface area contributed by atoms with E-state index in [-0.39, 0.29) is 47.9 Å². The lowest BCUT2D eigenvalue weighted by Gasteiger charge is -2.46. The minimum absolute atomic E-state index is 0.0183. The normalized spacial score (nSPS) is 15.8. The lowest BCUT2D eigenvalue weighted by molar-refractivity contribution is -0.151. The van der Waals surface area contributed by atoms with Crippen LogP contribution < -0.4 is 16.0 Å². The van der Waals surface area contributed by atoms with Crippen molar-refractivity contribution in [2.75, 3.05) is 27.7 Å². The van der Waals surface area contributed by atoms with Gasteiger partial charge in [-0.05, 0) is 70.0 Å². The fraction of sp³-hybridized carbons (Fsp3) is 0.632. The molecule has 1 aliphatic rings. The van der Waals surface area contributed by atoms with E-state index in [9.17, 15) is 24.0 Å². The Labute approximate surface area is 306 Å². The van der Waals surface area contributed by atoms with Crippen molar-refractivity contribution in [3.05, 3.63) is 52.0 Å². The molecular weight excluding hydrogens is 671 g/mol. The highest BCUT2D eigenvalue weighted by molar-refractivity contribution is 7.09. The molecule has 1 aromatic heterocycles. The Balaban J connectivity index is 1.75. The van der Waals surface area contributed by atoms with Gasteiger partial charge in [-0.25, -0.2) is 4.98 Å². The highest BCUT2D eigenvalue weighted by atomic mass is 32.1. The predicted molar refractivity (Wildman–Crippen MR) is 197 cm³/mol. The molecule has 1 aliphatic carbocycles. The number of hydrogen-bond acceptors (Lipinski definition) is 10. The number of likely N-dealkylation sites (N-methyl/N-ethyl adjacent to an activating group) is 1. The van der Waals surface area contributed by atoms with Gasteiger partial charge in [-0.3, -0.25) is 24.0 Å². The van der Waals surface area contributed by atoms with Crippen molar-refractivity contribution < 1.29 is 33.4 Å². The van der Waals surface area contributed by atoms with Crippen molar-refractivity contribution in [3.8, 4) is 0 Å². The Hall–Kier alpha value is -3.84.